The van der Waals surface area contributed by atoms with Gasteiger partial charge in [0.25, 0.3) is 5.91 Å². The molecule has 1 aromatic carbocycles. The van der Waals surface area contributed by atoms with Crippen LogP contribution in [0.25, 0.3) is 0 Å². The number of likely N-dealkylation sites (tertiary alicyclic amines) is 1. The van der Waals surface area contributed by atoms with Gasteiger partial charge in [0, 0.05) is 24.2 Å². The lowest BCUT2D eigenvalue weighted by atomic mass is 10.0. The number of nitrogens with zero attached hydrogens (tertiary/aromatic N) is 1. The fraction of sp³-hybridized carbons (Fsp3) is 0.462. The summed E-state index contributed by atoms with van der Waals surface area (Å²) in [5.74, 6) is -0.158. The molecular weight excluding hydrogens is 335 g/mol. The number of hydrogen-bond donors (Lipinski definition) is 1. The molecule has 8 heteroatoms. The molecule has 0 spiro atoms. The van der Waals surface area contributed by atoms with Crippen LogP contribution in [0.15, 0.2) is 18.2 Å². The van der Waals surface area contributed by atoms with Crippen LogP contribution >= 0.6 is 23.2 Å². The van der Waals surface area contributed by atoms with E-state index >= 15 is 0 Å². The van der Waals surface area contributed by atoms with E-state index in [4.69, 9.17) is 23.2 Å². The first kappa shape index (κ1) is 16.5. The van der Waals surface area contributed by atoms with Gasteiger partial charge in [-0.2, -0.15) is 0 Å². The molecule has 1 aliphatic heterocycles. The van der Waals surface area contributed by atoms with Crippen LogP contribution < -0.4 is 4.72 Å². The van der Waals surface area contributed by atoms with Gasteiger partial charge in [-0.05, 0) is 31.0 Å². The molecule has 0 aliphatic carbocycles. The maximum Gasteiger partial charge on any atom is 0.255 e. The lowest BCUT2D eigenvalue weighted by Gasteiger charge is -2.32. The van der Waals surface area contributed by atoms with Crippen molar-refractivity contribution in [1.82, 2.24) is 9.62 Å². The van der Waals surface area contributed by atoms with Gasteiger partial charge in [-0.15, -0.1) is 0 Å². The number of piperidine rings is 1. The van der Waals surface area contributed by atoms with E-state index in [1.165, 1.54) is 6.07 Å². The Morgan fingerprint density at radius 1 is 1.29 bits per heavy atom. The molecule has 0 atom stereocenters. The van der Waals surface area contributed by atoms with Crippen LogP contribution in [0.2, 0.25) is 10.0 Å². The SMILES string of the molecule is CS(=O)(=O)NC1CCN(C(=O)c2ccc(Cl)cc2Cl)CC1. The Morgan fingerprint density at radius 2 is 1.90 bits per heavy atom. The second-order valence-electron chi connectivity index (χ2n) is 5.08. The highest BCUT2D eigenvalue weighted by Gasteiger charge is 2.26. The highest BCUT2D eigenvalue weighted by atomic mass is 35.5. The van der Waals surface area contributed by atoms with Crippen molar-refractivity contribution in [2.24, 2.45) is 0 Å². The maximum atomic E-state index is 12.4. The van der Waals surface area contributed by atoms with Gasteiger partial charge in [0.1, 0.15) is 0 Å². The van der Waals surface area contributed by atoms with E-state index in [2.05, 4.69) is 4.72 Å². The lowest BCUT2D eigenvalue weighted by Crippen LogP contribution is -2.46. The molecule has 0 bridgehead atoms. The summed E-state index contributed by atoms with van der Waals surface area (Å²) < 4.78 is 24.9. The van der Waals surface area contributed by atoms with E-state index in [1.54, 1.807) is 17.0 Å². The van der Waals surface area contributed by atoms with E-state index in [1.807, 2.05) is 0 Å². The fourth-order valence-corrected chi connectivity index (χ4v) is 3.67. The number of sulfonamides is 1. The zero-order valence-corrected chi connectivity index (χ0v) is 13.8. The van der Waals surface area contributed by atoms with Gasteiger partial charge in [-0.25, -0.2) is 13.1 Å². The summed E-state index contributed by atoms with van der Waals surface area (Å²) in [6, 6.07) is 4.64. The predicted octanol–water partition coefficient (Wildman–Crippen LogP) is 2.15. The fourth-order valence-electron chi connectivity index (χ4n) is 2.34. The Balaban J connectivity index is 2.00. The van der Waals surface area contributed by atoms with Crippen LogP contribution in [-0.2, 0) is 10.0 Å². The first-order valence-electron chi connectivity index (χ1n) is 6.48. The van der Waals surface area contributed by atoms with Crippen molar-refractivity contribution in [3.05, 3.63) is 33.8 Å². The maximum absolute atomic E-state index is 12.4. The van der Waals surface area contributed by atoms with Crippen molar-refractivity contribution in [2.75, 3.05) is 19.3 Å². The van der Waals surface area contributed by atoms with Crippen molar-refractivity contribution in [3.63, 3.8) is 0 Å². The van der Waals surface area contributed by atoms with Crippen molar-refractivity contribution in [3.8, 4) is 0 Å². The minimum absolute atomic E-state index is 0.121. The average molecular weight is 351 g/mol. The smallest absolute Gasteiger partial charge is 0.255 e. The van der Waals surface area contributed by atoms with Crippen LogP contribution in [0.3, 0.4) is 0 Å². The molecule has 116 valence electrons. The highest BCUT2D eigenvalue weighted by Crippen LogP contribution is 2.23. The molecule has 0 unspecified atom stereocenters. The Labute approximate surface area is 134 Å². The minimum atomic E-state index is -3.21. The van der Waals surface area contributed by atoms with Gasteiger partial charge in [0.05, 0.1) is 16.8 Å². The van der Waals surface area contributed by atoms with E-state index in [9.17, 15) is 13.2 Å². The Bertz CT molecular complexity index is 641. The van der Waals surface area contributed by atoms with Gasteiger partial charge in [0.2, 0.25) is 10.0 Å². The molecule has 1 heterocycles. The number of benzene rings is 1. The topological polar surface area (TPSA) is 66.5 Å². The molecule has 21 heavy (non-hydrogen) atoms. The molecule has 0 aromatic heterocycles. The van der Waals surface area contributed by atoms with Gasteiger partial charge in [0.15, 0.2) is 0 Å². The van der Waals surface area contributed by atoms with Gasteiger partial charge in [-0.1, -0.05) is 23.2 Å². The molecule has 1 aromatic rings. The number of nitrogens with one attached hydrogen (secondary N) is 1. The van der Waals surface area contributed by atoms with Crippen molar-refractivity contribution < 1.29 is 13.2 Å². The molecule has 2 rings (SSSR count). The summed E-state index contributed by atoms with van der Waals surface area (Å²) in [6.07, 6.45) is 2.31. The Hall–Kier alpha value is -0.820. The standard InChI is InChI=1S/C13H16Cl2N2O3S/c1-21(19,20)16-10-4-6-17(7-5-10)13(18)11-3-2-9(14)8-12(11)15/h2-3,8,10,16H,4-7H2,1H3. The normalized spacial score (nSPS) is 17.0. The van der Waals surface area contributed by atoms with E-state index in [-0.39, 0.29) is 11.9 Å². The first-order chi connectivity index (χ1) is 9.76. The lowest BCUT2D eigenvalue weighted by molar-refractivity contribution is 0.0711. The zero-order chi connectivity index (χ0) is 15.6. The van der Waals surface area contributed by atoms with Crippen LogP contribution in [0, 0.1) is 0 Å². The van der Waals surface area contributed by atoms with Crippen LogP contribution in [0.1, 0.15) is 23.2 Å². The number of carbonyl (C=O) groups is 1. The van der Waals surface area contributed by atoms with Gasteiger partial charge < -0.3 is 4.90 Å². The summed E-state index contributed by atoms with van der Waals surface area (Å²) in [7, 11) is -3.21. The summed E-state index contributed by atoms with van der Waals surface area (Å²) in [5.41, 5.74) is 0.413. The summed E-state index contributed by atoms with van der Waals surface area (Å²) in [6.45, 7) is 0.982. The second kappa shape index (κ2) is 6.52. The number of halogens is 2. The van der Waals surface area contributed by atoms with E-state index < -0.39 is 10.0 Å². The quantitative estimate of drug-likeness (QED) is 0.907. The van der Waals surface area contributed by atoms with Gasteiger partial charge in [-0.3, -0.25) is 4.79 Å². The summed E-state index contributed by atoms with van der Waals surface area (Å²) >= 11 is 11.8. The molecular formula is C13H16Cl2N2O3S. The number of amides is 1. The first-order valence-corrected chi connectivity index (χ1v) is 9.12. The largest absolute Gasteiger partial charge is 0.338 e. The molecule has 0 radical (unpaired) electrons. The third-order valence-corrected chi connectivity index (χ3v) is 4.63. The summed E-state index contributed by atoms with van der Waals surface area (Å²) in [4.78, 5) is 14.1. The van der Waals surface area contributed by atoms with Gasteiger partial charge >= 0.3 is 0 Å². The Kier molecular flexibility index (Phi) is 5.14. The van der Waals surface area contributed by atoms with Crippen LogP contribution in [-0.4, -0.2) is 44.6 Å². The molecule has 0 saturated carbocycles. The van der Waals surface area contributed by atoms with Crippen LogP contribution in [0.4, 0.5) is 0 Å². The molecule has 5 nitrogen and oxygen atoms in total. The molecule has 1 saturated heterocycles. The zero-order valence-electron chi connectivity index (χ0n) is 11.5. The third kappa shape index (κ3) is 4.57. The minimum Gasteiger partial charge on any atom is -0.338 e. The number of rotatable bonds is 3. The molecule has 1 amide bonds. The number of carbonyl (C=O) groups excluding carboxylic acids is 1. The second-order valence-corrected chi connectivity index (χ2v) is 7.70. The van der Waals surface area contributed by atoms with Crippen molar-refractivity contribution >= 4 is 39.1 Å². The van der Waals surface area contributed by atoms with Crippen LogP contribution in [0.5, 0.6) is 0 Å². The molecule has 1 N–H and O–H groups in total. The summed E-state index contributed by atoms with van der Waals surface area (Å²) in [5, 5.41) is 0.802. The highest BCUT2D eigenvalue weighted by molar-refractivity contribution is 7.88. The predicted molar refractivity (Wildman–Crippen MR) is 83.4 cm³/mol. The molecule has 1 fully saturated rings. The van der Waals surface area contributed by atoms with E-state index in [0.717, 1.165) is 6.26 Å². The van der Waals surface area contributed by atoms with Crippen molar-refractivity contribution in [1.29, 1.82) is 0 Å². The number of hydrogen-bond acceptors (Lipinski definition) is 3. The Morgan fingerprint density at radius 3 is 2.43 bits per heavy atom. The monoisotopic (exact) mass is 350 g/mol. The molecule has 1 aliphatic rings. The average Bonchev–Trinajstić information content (AvgIpc) is 2.37. The van der Waals surface area contributed by atoms with E-state index in [0.29, 0.717) is 41.5 Å². The third-order valence-electron chi connectivity index (χ3n) is 3.32. The van der Waals surface area contributed by atoms with Crippen molar-refractivity contribution in [2.45, 2.75) is 18.9 Å².